The van der Waals surface area contributed by atoms with Crippen LogP contribution in [0.25, 0.3) is 0 Å². The molecule has 2 amide bonds. The van der Waals surface area contributed by atoms with Gasteiger partial charge in [0.15, 0.2) is 0 Å². The van der Waals surface area contributed by atoms with Crippen molar-refractivity contribution >= 4 is 23.2 Å². The molecule has 34 heavy (non-hydrogen) atoms. The molecule has 1 aliphatic heterocycles. The van der Waals surface area contributed by atoms with Gasteiger partial charge in [0, 0.05) is 56.5 Å². The zero-order valence-corrected chi connectivity index (χ0v) is 19.7. The summed E-state index contributed by atoms with van der Waals surface area (Å²) in [5.74, 6) is -1.31. The van der Waals surface area contributed by atoms with E-state index in [1.165, 1.54) is 5.69 Å². The summed E-state index contributed by atoms with van der Waals surface area (Å²) < 4.78 is 0. The van der Waals surface area contributed by atoms with Gasteiger partial charge in [0.1, 0.15) is 0 Å². The molecule has 3 aromatic rings. The van der Waals surface area contributed by atoms with Gasteiger partial charge in [-0.2, -0.15) is 0 Å². The van der Waals surface area contributed by atoms with Gasteiger partial charge in [0.2, 0.25) is 0 Å². The van der Waals surface area contributed by atoms with E-state index in [1.54, 1.807) is 12.3 Å². The van der Waals surface area contributed by atoms with Crippen molar-refractivity contribution < 1.29 is 9.59 Å². The Morgan fingerprint density at radius 1 is 0.912 bits per heavy atom. The first-order chi connectivity index (χ1) is 16.5. The van der Waals surface area contributed by atoms with E-state index in [-0.39, 0.29) is 6.04 Å². The topological polar surface area (TPSA) is 77.6 Å². The predicted molar refractivity (Wildman–Crippen MR) is 135 cm³/mol. The SMILES string of the molecule is Cc1ccc(NC(=O)C(=O)NC[C@H](c2cccnc2)N2CCN(c3ccccc3)CC2)cc1C. The van der Waals surface area contributed by atoms with Gasteiger partial charge in [0.05, 0.1) is 6.04 Å². The molecule has 7 nitrogen and oxygen atoms in total. The number of anilines is 2. The summed E-state index contributed by atoms with van der Waals surface area (Å²) in [6.07, 6.45) is 3.57. The Labute approximate surface area is 200 Å². The van der Waals surface area contributed by atoms with E-state index in [9.17, 15) is 9.59 Å². The Kier molecular flexibility index (Phi) is 7.54. The number of piperazine rings is 1. The molecule has 0 unspecified atom stereocenters. The summed E-state index contributed by atoms with van der Waals surface area (Å²) in [6, 6.07) is 19.8. The molecule has 176 valence electrons. The lowest BCUT2D eigenvalue weighted by Gasteiger charge is -2.40. The van der Waals surface area contributed by atoms with E-state index < -0.39 is 11.8 Å². The number of hydrogen-bond donors (Lipinski definition) is 2. The minimum absolute atomic E-state index is 0.0648. The maximum Gasteiger partial charge on any atom is 0.313 e. The van der Waals surface area contributed by atoms with Crippen LogP contribution >= 0.6 is 0 Å². The highest BCUT2D eigenvalue weighted by atomic mass is 16.2. The van der Waals surface area contributed by atoms with Gasteiger partial charge in [-0.15, -0.1) is 0 Å². The van der Waals surface area contributed by atoms with E-state index in [0.717, 1.165) is 42.9 Å². The highest BCUT2D eigenvalue weighted by Crippen LogP contribution is 2.23. The van der Waals surface area contributed by atoms with Crippen molar-refractivity contribution in [2.75, 3.05) is 42.9 Å². The quantitative estimate of drug-likeness (QED) is 0.556. The first-order valence-electron chi connectivity index (χ1n) is 11.6. The van der Waals surface area contributed by atoms with Crippen LogP contribution in [-0.2, 0) is 9.59 Å². The number of nitrogens with zero attached hydrogens (tertiary/aromatic N) is 3. The number of carbonyl (C=O) groups is 2. The molecule has 0 radical (unpaired) electrons. The average molecular weight is 458 g/mol. The van der Waals surface area contributed by atoms with E-state index in [0.29, 0.717) is 12.2 Å². The van der Waals surface area contributed by atoms with Crippen LogP contribution in [0.15, 0.2) is 73.1 Å². The van der Waals surface area contributed by atoms with E-state index in [2.05, 4.69) is 49.7 Å². The standard InChI is InChI=1S/C27H31N5O2/c1-20-10-11-23(17-21(20)2)30-27(34)26(33)29-19-25(22-7-6-12-28-18-22)32-15-13-31(14-16-32)24-8-4-3-5-9-24/h3-12,17-18,25H,13-16,19H2,1-2H3,(H,29,33)(H,30,34)/t25-/m1/s1. The lowest BCUT2D eigenvalue weighted by molar-refractivity contribution is -0.136. The molecule has 2 heterocycles. The van der Waals surface area contributed by atoms with Crippen LogP contribution in [-0.4, -0.2) is 54.4 Å². The minimum Gasteiger partial charge on any atom is -0.369 e. The molecule has 2 N–H and O–H groups in total. The van der Waals surface area contributed by atoms with E-state index in [1.807, 2.05) is 50.4 Å². The number of benzene rings is 2. The fraction of sp³-hybridized carbons (Fsp3) is 0.296. The fourth-order valence-corrected chi connectivity index (χ4v) is 4.24. The van der Waals surface area contributed by atoms with Crippen molar-refractivity contribution in [3.8, 4) is 0 Å². The Hall–Kier alpha value is -3.71. The Bertz CT molecular complexity index is 1110. The smallest absolute Gasteiger partial charge is 0.313 e. The second-order valence-corrected chi connectivity index (χ2v) is 8.62. The number of aryl methyl sites for hydroxylation is 2. The third-order valence-corrected chi connectivity index (χ3v) is 6.37. The van der Waals surface area contributed by atoms with Crippen molar-refractivity contribution in [3.05, 3.63) is 89.7 Å². The number of nitrogens with one attached hydrogen (secondary N) is 2. The first kappa shape index (κ1) is 23.4. The van der Waals surface area contributed by atoms with Crippen molar-refractivity contribution in [3.63, 3.8) is 0 Å². The van der Waals surface area contributed by atoms with Crippen LogP contribution in [0.4, 0.5) is 11.4 Å². The monoisotopic (exact) mass is 457 g/mol. The molecule has 1 aromatic heterocycles. The summed E-state index contributed by atoms with van der Waals surface area (Å²) in [7, 11) is 0. The minimum atomic E-state index is -0.665. The Morgan fingerprint density at radius 3 is 2.35 bits per heavy atom. The van der Waals surface area contributed by atoms with Crippen LogP contribution in [0.3, 0.4) is 0 Å². The maximum absolute atomic E-state index is 12.6. The zero-order chi connectivity index (χ0) is 23.9. The third-order valence-electron chi connectivity index (χ3n) is 6.37. The highest BCUT2D eigenvalue weighted by molar-refractivity contribution is 6.39. The number of rotatable bonds is 6. The lowest BCUT2D eigenvalue weighted by Crippen LogP contribution is -2.50. The Balaban J connectivity index is 1.38. The molecule has 4 rings (SSSR count). The van der Waals surface area contributed by atoms with Crippen LogP contribution in [0, 0.1) is 13.8 Å². The summed E-state index contributed by atoms with van der Waals surface area (Å²) in [6.45, 7) is 7.78. The molecule has 1 atom stereocenters. The van der Waals surface area contributed by atoms with Crippen molar-refractivity contribution in [1.29, 1.82) is 0 Å². The zero-order valence-electron chi connectivity index (χ0n) is 19.7. The van der Waals surface area contributed by atoms with Gasteiger partial charge in [-0.1, -0.05) is 30.3 Å². The summed E-state index contributed by atoms with van der Waals surface area (Å²) in [4.78, 5) is 34.0. The summed E-state index contributed by atoms with van der Waals surface area (Å²) >= 11 is 0. The van der Waals surface area contributed by atoms with Crippen LogP contribution < -0.4 is 15.5 Å². The van der Waals surface area contributed by atoms with Gasteiger partial charge in [-0.3, -0.25) is 19.5 Å². The average Bonchev–Trinajstić information content (AvgIpc) is 2.88. The molecule has 0 spiro atoms. The van der Waals surface area contributed by atoms with Crippen LogP contribution in [0.5, 0.6) is 0 Å². The molecule has 0 saturated carbocycles. The van der Waals surface area contributed by atoms with Gasteiger partial charge in [-0.25, -0.2) is 0 Å². The summed E-state index contributed by atoms with van der Waals surface area (Å²) in [5.41, 5.74) is 5.05. The number of carbonyl (C=O) groups excluding carboxylic acids is 2. The molecular formula is C27H31N5O2. The summed E-state index contributed by atoms with van der Waals surface area (Å²) in [5, 5.41) is 5.53. The normalized spacial score (nSPS) is 14.9. The van der Waals surface area contributed by atoms with Gasteiger partial charge in [-0.05, 0) is 60.9 Å². The lowest BCUT2D eigenvalue weighted by atomic mass is 10.1. The first-order valence-corrected chi connectivity index (χ1v) is 11.6. The van der Waals surface area contributed by atoms with E-state index in [4.69, 9.17) is 0 Å². The van der Waals surface area contributed by atoms with Gasteiger partial charge >= 0.3 is 11.8 Å². The van der Waals surface area contributed by atoms with Crippen molar-refractivity contribution in [2.45, 2.75) is 19.9 Å². The molecule has 1 fully saturated rings. The van der Waals surface area contributed by atoms with Gasteiger partial charge < -0.3 is 15.5 Å². The van der Waals surface area contributed by atoms with E-state index >= 15 is 0 Å². The molecule has 1 aliphatic rings. The number of pyridine rings is 1. The molecule has 0 aliphatic carbocycles. The van der Waals surface area contributed by atoms with Crippen LogP contribution in [0.1, 0.15) is 22.7 Å². The third kappa shape index (κ3) is 5.80. The highest BCUT2D eigenvalue weighted by Gasteiger charge is 2.26. The molecule has 7 heteroatoms. The largest absolute Gasteiger partial charge is 0.369 e. The Morgan fingerprint density at radius 2 is 1.68 bits per heavy atom. The molecule has 0 bridgehead atoms. The second-order valence-electron chi connectivity index (χ2n) is 8.62. The maximum atomic E-state index is 12.6. The number of amides is 2. The number of hydrogen-bond acceptors (Lipinski definition) is 5. The molecular weight excluding hydrogens is 426 g/mol. The molecule has 1 saturated heterocycles. The second kappa shape index (κ2) is 10.9. The van der Waals surface area contributed by atoms with Crippen molar-refractivity contribution in [2.24, 2.45) is 0 Å². The van der Waals surface area contributed by atoms with Crippen LogP contribution in [0.2, 0.25) is 0 Å². The molecule has 2 aromatic carbocycles. The van der Waals surface area contributed by atoms with Crippen molar-refractivity contribution in [1.82, 2.24) is 15.2 Å². The number of para-hydroxylation sites is 1. The van der Waals surface area contributed by atoms with Gasteiger partial charge in [0.25, 0.3) is 0 Å². The number of aromatic nitrogens is 1. The predicted octanol–water partition coefficient (Wildman–Crippen LogP) is 3.32. The fourth-order valence-electron chi connectivity index (χ4n) is 4.24.